The molecule has 2 aliphatic rings. The predicted octanol–water partition coefficient (Wildman–Crippen LogP) is -0.0213. The highest BCUT2D eigenvalue weighted by Crippen LogP contribution is 2.24. The van der Waals surface area contributed by atoms with Crippen LogP contribution < -0.4 is 10.5 Å². The fourth-order valence-corrected chi connectivity index (χ4v) is 4.00. The molecule has 30 heavy (non-hydrogen) atoms. The molecule has 0 aliphatic carbocycles. The van der Waals surface area contributed by atoms with Gasteiger partial charge < -0.3 is 20.1 Å². The van der Waals surface area contributed by atoms with E-state index in [9.17, 15) is 14.9 Å². The van der Waals surface area contributed by atoms with Gasteiger partial charge in [-0.05, 0) is 24.6 Å². The Morgan fingerprint density at radius 3 is 2.47 bits per heavy atom. The minimum Gasteiger partial charge on any atom is -0.497 e. The van der Waals surface area contributed by atoms with Gasteiger partial charge in [-0.1, -0.05) is 12.1 Å². The molecule has 0 aromatic heterocycles. The van der Waals surface area contributed by atoms with Gasteiger partial charge in [0.05, 0.1) is 25.8 Å². The third-order valence-electron chi connectivity index (χ3n) is 5.60. The Morgan fingerprint density at radius 1 is 1.23 bits per heavy atom. The number of carbonyl (C=O) groups excluding carboxylic acids is 2. The normalized spacial score (nSPS) is 24.1. The lowest BCUT2D eigenvalue weighted by Crippen LogP contribution is -2.56. The largest absolute Gasteiger partial charge is 0.497 e. The summed E-state index contributed by atoms with van der Waals surface area (Å²) >= 11 is 0. The van der Waals surface area contributed by atoms with Gasteiger partial charge >= 0.3 is 0 Å². The minimum atomic E-state index is -0.681. The first kappa shape index (κ1) is 22.0. The Bertz CT molecular complexity index is 786. The maximum absolute atomic E-state index is 12.8. The van der Waals surface area contributed by atoms with Gasteiger partial charge in [0, 0.05) is 39.3 Å². The number of hydrogen-bond acceptors (Lipinski definition) is 7. The average Bonchev–Trinajstić information content (AvgIpc) is 2.74. The second-order valence-corrected chi connectivity index (χ2v) is 7.75. The SMILES string of the molecule is COc1ccc([C@H](C#N)N2CCN(C(=O)CN3C[C@@H](C)O[C@H](C(N)=O)C3)CC2)cc1. The molecule has 3 rings (SSSR count). The maximum atomic E-state index is 12.8. The van der Waals surface area contributed by atoms with Crippen LogP contribution in [0.3, 0.4) is 0 Å². The maximum Gasteiger partial charge on any atom is 0.247 e. The van der Waals surface area contributed by atoms with Gasteiger partial charge in [-0.3, -0.25) is 19.4 Å². The molecule has 9 heteroatoms. The number of nitrogens with two attached hydrogens (primary N) is 1. The van der Waals surface area contributed by atoms with E-state index in [2.05, 4.69) is 11.0 Å². The lowest BCUT2D eigenvalue weighted by molar-refractivity contribution is -0.147. The van der Waals surface area contributed by atoms with E-state index in [4.69, 9.17) is 15.2 Å². The molecule has 2 fully saturated rings. The first-order valence-electron chi connectivity index (χ1n) is 10.1. The van der Waals surface area contributed by atoms with Crippen LogP contribution in [0, 0.1) is 11.3 Å². The van der Waals surface area contributed by atoms with Crippen LogP contribution in [0.15, 0.2) is 24.3 Å². The summed E-state index contributed by atoms with van der Waals surface area (Å²) < 4.78 is 10.7. The molecule has 1 aromatic carbocycles. The quantitative estimate of drug-likeness (QED) is 0.695. The Morgan fingerprint density at radius 2 is 1.90 bits per heavy atom. The molecule has 0 saturated carbocycles. The second kappa shape index (κ2) is 9.89. The van der Waals surface area contributed by atoms with Crippen molar-refractivity contribution in [2.45, 2.75) is 25.2 Å². The molecular formula is C21H29N5O4. The van der Waals surface area contributed by atoms with Crippen LogP contribution in [0.5, 0.6) is 5.75 Å². The van der Waals surface area contributed by atoms with Crippen LogP contribution in [0.1, 0.15) is 18.5 Å². The van der Waals surface area contributed by atoms with Gasteiger partial charge in [-0.25, -0.2) is 0 Å². The van der Waals surface area contributed by atoms with Crippen molar-refractivity contribution in [1.29, 1.82) is 5.26 Å². The molecule has 162 valence electrons. The van der Waals surface area contributed by atoms with Crippen LogP contribution in [-0.2, 0) is 14.3 Å². The number of amides is 2. The molecule has 0 spiro atoms. The molecule has 0 radical (unpaired) electrons. The highest BCUT2D eigenvalue weighted by atomic mass is 16.5. The van der Waals surface area contributed by atoms with Crippen LogP contribution in [-0.4, -0.2) is 91.6 Å². The number of hydrogen-bond donors (Lipinski definition) is 1. The van der Waals surface area contributed by atoms with Gasteiger partial charge in [0.2, 0.25) is 11.8 Å². The third-order valence-corrected chi connectivity index (χ3v) is 5.60. The van der Waals surface area contributed by atoms with Crippen LogP contribution >= 0.6 is 0 Å². The average molecular weight is 415 g/mol. The number of ether oxygens (including phenoxy) is 2. The highest BCUT2D eigenvalue weighted by Gasteiger charge is 2.32. The molecule has 3 atom stereocenters. The van der Waals surface area contributed by atoms with Crippen molar-refractivity contribution in [1.82, 2.24) is 14.7 Å². The Labute approximate surface area is 176 Å². The van der Waals surface area contributed by atoms with Crippen LogP contribution in [0.2, 0.25) is 0 Å². The first-order valence-corrected chi connectivity index (χ1v) is 10.1. The number of benzene rings is 1. The molecule has 2 saturated heterocycles. The number of nitriles is 1. The number of rotatable bonds is 6. The van der Waals surface area contributed by atoms with Crippen molar-refractivity contribution in [3.05, 3.63) is 29.8 Å². The summed E-state index contributed by atoms with van der Waals surface area (Å²) in [5.74, 6) is 0.264. The zero-order chi connectivity index (χ0) is 21.7. The van der Waals surface area contributed by atoms with E-state index >= 15 is 0 Å². The van der Waals surface area contributed by atoms with E-state index in [1.807, 2.05) is 41.0 Å². The monoisotopic (exact) mass is 415 g/mol. The van der Waals surface area contributed by atoms with Crippen LogP contribution in [0.4, 0.5) is 0 Å². The van der Waals surface area contributed by atoms with Gasteiger partial charge in [0.15, 0.2) is 0 Å². The van der Waals surface area contributed by atoms with Crippen molar-refractivity contribution in [2.24, 2.45) is 5.73 Å². The molecule has 2 amide bonds. The minimum absolute atomic E-state index is 0.0184. The Balaban J connectivity index is 1.53. The fourth-order valence-electron chi connectivity index (χ4n) is 4.00. The fraction of sp³-hybridized carbons (Fsp3) is 0.571. The van der Waals surface area contributed by atoms with E-state index < -0.39 is 12.0 Å². The van der Waals surface area contributed by atoms with E-state index in [0.29, 0.717) is 39.3 Å². The number of primary amides is 1. The van der Waals surface area contributed by atoms with E-state index in [0.717, 1.165) is 11.3 Å². The van der Waals surface area contributed by atoms with Crippen molar-refractivity contribution >= 4 is 11.8 Å². The molecule has 9 nitrogen and oxygen atoms in total. The van der Waals surface area contributed by atoms with Crippen LogP contribution in [0.25, 0.3) is 0 Å². The summed E-state index contributed by atoms with van der Waals surface area (Å²) in [4.78, 5) is 30.0. The Hall–Kier alpha value is -2.67. The van der Waals surface area contributed by atoms with Crippen molar-refractivity contribution in [3.8, 4) is 11.8 Å². The smallest absolute Gasteiger partial charge is 0.247 e. The number of piperazine rings is 1. The molecule has 0 bridgehead atoms. The van der Waals surface area contributed by atoms with Crippen molar-refractivity contribution in [2.75, 3.05) is 52.9 Å². The summed E-state index contributed by atoms with van der Waals surface area (Å²) in [5.41, 5.74) is 6.28. The zero-order valence-corrected chi connectivity index (χ0v) is 17.5. The highest BCUT2D eigenvalue weighted by molar-refractivity contribution is 5.80. The zero-order valence-electron chi connectivity index (χ0n) is 17.5. The summed E-state index contributed by atoms with van der Waals surface area (Å²) in [6.07, 6.45) is -0.832. The standard InChI is InChI=1S/C21H29N5O4/c1-15-12-24(13-19(30-15)21(23)28)14-20(27)26-9-7-25(8-10-26)18(11-22)16-3-5-17(29-2)6-4-16/h3-6,15,18-19H,7-10,12-14H2,1-2H3,(H2,23,28)/t15-,18+,19+/m1/s1. The predicted molar refractivity (Wildman–Crippen MR) is 109 cm³/mol. The molecule has 2 aliphatic heterocycles. The van der Waals surface area contributed by atoms with Gasteiger partial charge in [0.1, 0.15) is 17.9 Å². The van der Waals surface area contributed by atoms with Gasteiger partial charge in [-0.2, -0.15) is 5.26 Å². The molecule has 0 unspecified atom stereocenters. The molecule has 2 N–H and O–H groups in total. The summed E-state index contributed by atoms with van der Waals surface area (Å²) in [6, 6.07) is 9.52. The number of nitrogens with zero attached hydrogens (tertiary/aromatic N) is 4. The van der Waals surface area contributed by atoms with E-state index in [-0.39, 0.29) is 24.6 Å². The van der Waals surface area contributed by atoms with E-state index in [1.165, 1.54) is 0 Å². The number of methoxy groups -OCH3 is 1. The van der Waals surface area contributed by atoms with Crippen molar-refractivity contribution < 1.29 is 19.1 Å². The summed E-state index contributed by atoms with van der Waals surface area (Å²) in [5, 5.41) is 9.68. The Kier molecular flexibility index (Phi) is 7.26. The van der Waals surface area contributed by atoms with Gasteiger partial charge in [-0.15, -0.1) is 0 Å². The molecule has 1 aromatic rings. The third kappa shape index (κ3) is 5.27. The lowest BCUT2D eigenvalue weighted by Gasteiger charge is -2.39. The van der Waals surface area contributed by atoms with Gasteiger partial charge in [0.25, 0.3) is 0 Å². The topological polar surface area (TPSA) is 112 Å². The second-order valence-electron chi connectivity index (χ2n) is 7.75. The molecule has 2 heterocycles. The van der Waals surface area contributed by atoms with Crippen molar-refractivity contribution in [3.63, 3.8) is 0 Å². The number of carbonyl (C=O) groups is 2. The lowest BCUT2D eigenvalue weighted by atomic mass is 10.1. The van der Waals surface area contributed by atoms with E-state index in [1.54, 1.807) is 7.11 Å². The summed E-state index contributed by atoms with van der Waals surface area (Å²) in [6.45, 7) is 5.39. The summed E-state index contributed by atoms with van der Waals surface area (Å²) in [7, 11) is 1.61. The molecular weight excluding hydrogens is 386 g/mol. The first-order chi connectivity index (χ1) is 14.4. The number of morpholine rings is 1.